The minimum atomic E-state index is -0.448. The van der Waals surface area contributed by atoms with Gasteiger partial charge in [-0.3, -0.25) is 4.79 Å². The molecule has 0 aliphatic carbocycles. The van der Waals surface area contributed by atoms with E-state index in [2.05, 4.69) is 4.98 Å². The van der Waals surface area contributed by atoms with Crippen LogP contribution in [0.15, 0.2) is 18.2 Å². The number of carbonyl (C=O) groups excluding carboxylic acids is 1. The van der Waals surface area contributed by atoms with E-state index in [0.717, 1.165) is 15.2 Å². The Morgan fingerprint density at radius 1 is 1.42 bits per heavy atom. The van der Waals surface area contributed by atoms with Gasteiger partial charge in [0.15, 0.2) is 0 Å². The van der Waals surface area contributed by atoms with E-state index in [0.29, 0.717) is 12.8 Å². The van der Waals surface area contributed by atoms with Gasteiger partial charge in [-0.05, 0) is 32.9 Å². The molecule has 1 aromatic heterocycles. The van der Waals surface area contributed by atoms with Gasteiger partial charge in [-0.15, -0.1) is 11.3 Å². The van der Waals surface area contributed by atoms with E-state index in [9.17, 15) is 9.90 Å². The number of phenols is 1. The van der Waals surface area contributed by atoms with Gasteiger partial charge < -0.3 is 9.84 Å². The van der Waals surface area contributed by atoms with Crippen LogP contribution < -0.4 is 0 Å². The molecule has 19 heavy (non-hydrogen) atoms. The van der Waals surface area contributed by atoms with E-state index in [-0.39, 0.29) is 11.7 Å². The smallest absolute Gasteiger partial charge is 0.306 e. The highest BCUT2D eigenvalue weighted by molar-refractivity contribution is 7.18. The molecule has 1 aromatic carbocycles. The monoisotopic (exact) mass is 279 g/mol. The van der Waals surface area contributed by atoms with Crippen molar-refractivity contribution < 1.29 is 14.6 Å². The molecule has 0 radical (unpaired) electrons. The summed E-state index contributed by atoms with van der Waals surface area (Å²) in [4.78, 5) is 16.0. The maximum Gasteiger partial charge on any atom is 0.306 e. The van der Waals surface area contributed by atoms with Crippen LogP contribution in [0.4, 0.5) is 0 Å². The van der Waals surface area contributed by atoms with Crippen LogP contribution in [0.25, 0.3) is 10.2 Å². The average Bonchev–Trinajstić information content (AvgIpc) is 2.66. The van der Waals surface area contributed by atoms with E-state index < -0.39 is 5.60 Å². The number of carbonyl (C=O) groups is 1. The summed E-state index contributed by atoms with van der Waals surface area (Å²) in [6.45, 7) is 5.56. The molecule has 4 nitrogen and oxygen atoms in total. The quantitative estimate of drug-likeness (QED) is 0.876. The normalized spacial score (nSPS) is 11.7. The standard InChI is InChI=1S/C14H17NO3S/c1-14(2,3)18-13(17)7-6-12-15-10-8-9(16)4-5-11(10)19-12/h4-5,8,16H,6-7H2,1-3H3. The number of rotatable bonds is 3. The van der Waals surface area contributed by atoms with E-state index in [1.54, 1.807) is 12.1 Å². The SMILES string of the molecule is CC(C)(C)OC(=O)CCc1nc2cc(O)ccc2s1. The number of phenolic OH excluding ortho intramolecular Hbond substituents is 1. The molecule has 0 atom stereocenters. The van der Waals surface area contributed by atoms with Crippen molar-refractivity contribution in [2.75, 3.05) is 0 Å². The van der Waals surface area contributed by atoms with Crippen LogP contribution in [-0.2, 0) is 16.0 Å². The summed E-state index contributed by atoms with van der Waals surface area (Å²) in [7, 11) is 0. The van der Waals surface area contributed by atoms with Crippen molar-refractivity contribution in [1.29, 1.82) is 0 Å². The average molecular weight is 279 g/mol. The number of fused-ring (bicyclic) bond motifs is 1. The zero-order valence-corrected chi connectivity index (χ0v) is 12.1. The predicted octanol–water partition coefficient (Wildman–Crippen LogP) is 3.28. The Balaban J connectivity index is 2.00. The maximum absolute atomic E-state index is 11.6. The third-order valence-corrected chi connectivity index (χ3v) is 3.47. The summed E-state index contributed by atoms with van der Waals surface area (Å²) in [5, 5.41) is 10.3. The Morgan fingerprint density at radius 2 is 2.16 bits per heavy atom. The number of esters is 1. The van der Waals surface area contributed by atoms with Gasteiger partial charge in [0.1, 0.15) is 11.4 Å². The van der Waals surface area contributed by atoms with E-state index >= 15 is 0 Å². The van der Waals surface area contributed by atoms with Gasteiger partial charge in [-0.25, -0.2) is 4.98 Å². The number of aryl methyl sites for hydroxylation is 1. The zero-order chi connectivity index (χ0) is 14.0. The Hall–Kier alpha value is -1.62. The molecule has 0 aliphatic rings. The number of nitrogens with zero attached hydrogens (tertiary/aromatic N) is 1. The van der Waals surface area contributed by atoms with Crippen LogP contribution in [-0.4, -0.2) is 21.7 Å². The van der Waals surface area contributed by atoms with Crippen molar-refractivity contribution in [2.24, 2.45) is 0 Å². The van der Waals surface area contributed by atoms with Crippen molar-refractivity contribution in [3.05, 3.63) is 23.2 Å². The molecule has 0 saturated carbocycles. The van der Waals surface area contributed by atoms with Crippen LogP contribution in [0, 0.1) is 0 Å². The maximum atomic E-state index is 11.6. The van der Waals surface area contributed by atoms with Crippen molar-refractivity contribution in [1.82, 2.24) is 4.98 Å². The van der Waals surface area contributed by atoms with Crippen molar-refractivity contribution in [2.45, 2.75) is 39.2 Å². The summed E-state index contributed by atoms with van der Waals surface area (Å²) in [5.74, 6) is -0.00824. The fourth-order valence-corrected chi connectivity index (χ4v) is 2.62. The number of hydrogen-bond acceptors (Lipinski definition) is 5. The molecule has 1 N–H and O–H groups in total. The van der Waals surface area contributed by atoms with Crippen LogP contribution in [0.5, 0.6) is 5.75 Å². The highest BCUT2D eigenvalue weighted by Crippen LogP contribution is 2.26. The Labute approximate surface area is 116 Å². The minimum absolute atomic E-state index is 0.205. The molecule has 0 unspecified atom stereocenters. The molecule has 0 aliphatic heterocycles. The summed E-state index contributed by atoms with van der Waals surface area (Å²) in [5.41, 5.74) is 0.320. The van der Waals surface area contributed by atoms with Gasteiger partial charge in [0.25, 0.3) is 0 Å². The number of hydrogen-bond donors (Lipinski definition) is 1. The number of benzene rings is 1. The third-order valence-electron chi connectivity index (χ3n) is 2.38. The van der Waals surface area contributed by atoms with Gasteiger partial charge in [-0.1, -0.05) is 0 Å². The lowest BCUT2D eigenvalue weighted by Crippen LogP contribution is -2.23. The summed E-state index contributed by atoms with van der Waals surface area (Å²) in [6, 6.07) is 5.10. The van der Waals surface area contributed by atoms with Gasteiger partial charge in [0, 0.05) is 12.5 Å². The van der Waals surface area contributed by atoms with Crippen LogP contribution >= 0.6 is 11.3 Å². The molecule has 2 rings (SSSR count). The number of thiazole rings is 1. The third kappa shape index (κ3) is 3.92. The second-order valence-electron chi connectivity index (χ2n) is 5.35. The second kappa shape index (κ2) is 5.17. The Morgan fingerprint density at radius 3 is 2.84 bits per heavy atom. The van der Waals surface area contributed by atoms with E-state index in [1.807, 2.05) is 26.8 Å². The lowest BCUT2D eigenvalue weighted by Gasteiger charge is -2.19. The van der Waals surface area contributed by atoms with Gasteiger partial charge in [0.05, 0.1) is 21.6 Å². The minimum Gasteiger partial charge on any atom is -0.508 e. The van der Waals surface area contributed by atoms with E-state index in [1.165, 1.54) is 11.3 Å². The molecule has 0 fully saturated rings. The highest BCUT2D eigenvalue weighted by Gasteiger charge is 2.16. The van der Waals surface area contributed by atoms with Crippen LogP contribution in [0.3, 0.4) is 0 Å². The summed E-state index contributed by atoms with van der Waals surface area (Å²) >= 11 is 1.54. The van der Waals surface area contributed by atoms with E-state index in [4.69, 9.17) is 4.74 Å². The lowest BCUT2D eigenvalue weighted by atomic mass is 10.2. The molecule has 102 valence electrons. The molecule has 1 heterocycles. The molecule has 0 saturated heterocycles. The first-order valence-electron chi connectivity index (χ1n) is 6.14. The fraction of sp³-hybridized carbons (Fsp3) is 0.429. The van der Waals surface area contributed by atoms with Crippen molar-refractivity contribution in [3.8, 4) is 5.75 Å². The summed E-state index contributed by atoms with van der Waals surface area (Å²) < 4.78 is 6.26. The molecule has 0 spiro atoms. The second-order valence-corrected chi connectivity index (χ2v) is 6.46. The van der Waals surface area contributed by atoms with Crippen molar-refractivity contribution >= 4 is 27.5 Å². The highest BCUT2D eigenvalue weighted by atomic mass is 32.1. The predicted molar refractivity (Wildman–Crippen MR) is 75.5 cm³/mol. The number of ether oxygens (including phenoxy) is 1. The number of aromatic nitrogens is 1. The Kier molecular flexibility index (Phi) is 3.75. The first kappa shape index (κ1) is 13.8. The largest absolute Gasteiger partial charge is 0.508 e. The lowest BCUT2D eigenvalue weighted by molar-refractivity contribution is -0.154. The fourth-order valence-electron chi connectivity index (χ4n) is 1.67. The Bertz CT molecular complexity index is 598. The van der Waals surface area contributed by atoms with Crippen LogP contribution in [0.1, 0.15) is 32.2 Å². The first-order chi connectivity index (χ1) is 8.83. The van der Waals surface area contributed by atoms with Gasteiger partial charge in [-0.2, -0.15) is 0 Å². The van der Waals surface area contributed by atoms with Gasteiger partial charge >= 0.3 is 5.97 Å². The topological polar surface area (TPSA) is 59.4 Å². The van der Waals surface area contributed by atoms with Gasteiger partial charge in [0.2, 0.25) is 0 Å². The molecule has 0 amide bonds. The van der Waals surface area contributed by atoms with Crippen molar-refractivity contribution in [3.63, 3.8) is 0 Å². The number of aromatic hydroxyl groups is 1. The summed E-state index contributed by atoms with van der Waals surface area (Å²) in [6.07, 6.45) is 0.887. The molecular weight excluding hydrogens is 262 g/mol. The molecular formula is C14H17NO3S. The first-order valence-corrected chi connectivity index (χ1v) is 6.95. The molecule has 5 heteroatoms. The van der Waals surface area contributed by atoms with Crippen LogP contribution in [0.2, 0.25) is 0 Å². The molecule has 0 bridgehead atoms. The molecule has 2 aromatic rings. The zero-order valence-electron chi connectivity index (χ0n) is 11.3.